The molecule has 2 aliphatic rings. The summed E-state index contributed by atoms with van der Waals surface area (Å²) >= 11 is 6.33. The van der Waals surface area contributed by atoms with Crippen LogP contribution in [0.5, 0.6) is 17.6 Å². The zero-order chi connectivity index (χ0) is 22.9. The second kappa shape index (κ2) is 9.12. The lowest BCUT2D eigenvalue weighted by molar-refractivity contribution is 0.00706. The third-order valence-electron chi connectivity index (χ3n) is 5.35. The van der Waals surface area contributed by atoms with E-state index in [9.17, 15) is 9.90 Å². The van der Waals surface area contributed by atoms with E-state index < -0.39 is 18.3 Å². The highest BCUT2D eigenvalue weighted by molar-refractivity contribution is 6.32. The summed E-state index contributed by atoms with van der Waals surface area (Å²) in [7, 11) is 0. The molecule has 11 nitrogen and oxygen atoms in total. The maximum absolute atomic E-state index is 11.9. The van der Waals surface area contributed by atoms with Gasteiger partial charge in [0.1, 0.15) is 29.1 Å². The minimum absolute atomic E-state index is 0.133. The van der Waals surface area contributed by atoms with Crippen LogP contribution in [-0.4, -0.2) is 81.9 Å². The van der Waals surface area contributed by atoms with Gasteiger partial charge in [0.25, 0.3) is 11.9 Å². The summed E-state index contributed by atoms with van der Waals surface area (Å²) in [6.45, 7) is 0.531. The third-order valence-corrected chi connectivity index (χ3v) is 5.62. The maximum Gasteiger partial charge on any atom is 0.296 e. The Morgan fingerprint density at radius 3 is 2.79 bits per heavy atom. The highest BCUT2D eigenvalue weighted by Crippen LogP contribution is 2.32. The number of halogens is 1. The molecule has 2 saturated heterocycles. The van der Waals surface area contributed by atoms with Gasteiger partial charge >= 0.3 is 0 Å². The lowest BCUT2D eigenvalue weighted by Crippen LogP contribution is -2.34. The summed E-state index contributed by atoms with van der Waals surface area (Å²) < 4.78 is 22.8. The van der Waals surface area contributed by atoms with Gasteiger partial charge in [-0.3, -0.25) is 4.79 Å². The molecule has 4 atom stereocenters. The Labute approximate surface area is 192 Å². The Balaban J connectivity index is 1.29. The molecule has 0 bridgehead atoms. The highest BCUT2D eigenvalue weighted by Gasteiger charge is 2.48. The first-order valence-electron chi connectivity index (χ1n) is 10.3. The molecule has 4 heterocycles. The van der Waals surface area contributed by atoms with Crippen molar-refractivity contribution in [2.24, 2.45) is 0 Å². The van der Waals surface area contributed by atoms with Gasteiger partial charge in [-0.2, -0.15) is 9.97 Å². The average molecular weight is 477 g/mol. The van der Waals surface area contributed by atoms with Gasteiger partial charge in [-0.05, 0) is 30.3 Å². The molecule has 2 aliphatic heterocycles. The normalized spacial score (nSPS) is 24.1. The van der Waals surface area contributed by atoms with Crippen molar-refractivity contribution in [1.82, 2.24) is 20.3 Å². The quantitative estimate of drug-likeness (QED) is 0.392. The molecule has 0 aliphatic carbocycles. The molecule has 2 aromatic heterocycles. The Bertz CT molecular complexity index is 1160. The number of aromatic amines is 1. The van der Waals surface area contributed by atoms with E-state index >= 15 is 0 Å². The number of benzene rings is 1. The lowest BCUT2D eigenvalue weighted by Gasteiger charge is -2.15. The largest absolute Gasteiger partial charge is 0.456 e. The summed E-state index contributed by atoms with van der Waals surface area (Å²) in [6.07, 6.45) is -1.84. The van der Waals surface area contributed by atoms with Gasteiger partial charge in [0.2, 0.25) is 5.88 Å². The fourth-order valence-electron chi connectivity index (χ4n) is 3.75. The summed E-state index contributed by atoms with van der Waals surface area (Å²) in [4.78, 5) is 23.6. The van der Waals surface area contributed by atoms with E-state index in [1.54, 1.807) is 30.3 Å². The third kappa shape index (κ3) is 4.45. The van der Waals surface area contributed by atoms with Gasteiger partial charge < -0.3 is 39.5 Å². The summed E-state index contributed by atoms with van der Waals surface area (Å²) in [5.74, 6) is 0.278. The fraction of sp³-hybridized carbons (Fsp3) is 0.381. The molecule has 5 rings (SSSR count). The van der Waals surface area contributed by atoms with Crippen LogP contribution in [0, 0.1) is 0 Å². The number of hydrogen-bond acceptors (Lipinski definition) is 9. The van der Waals surface area contributed by atoms with Crippen LogP contribution in [0.3, 0.4) is 0 Å². The Morgan fingerprint density at radius 1 is 1.21 bits per heavy atom. The van der Waals surface area contributed by atoms with E-state index in [2.05, 4.69) is 20.3 Å². The molecule has 1 aromatic carbocycles. The summed E-state index contributed by atoms with van der Waals surface area (Å²) in [5, 5.41) is 21.5. The number of carbonyl (C=O) groups excluding carboxylic acids is 1. The Hall–Kier alpha value is -2.96. The SMILES string of the molecule is O=C(NCCO)c1ccc(Oc2nc3nc(O[C@@H]4CO[C@H]5[C@@H]4OC[C@H]5O)[nH]c3cc2Cl)cc1. The molecule has 2 fully saturated rings. The second-order valence-electron chi connectivity index (χ2n) is 7.61. The maximum atomic E-state index is 11.9. The van der Waals surface area contributed by atoms with Gasteiger partial charge in [0.05, 0.1) is 25.3 Å². The molecule has 3 aromatic rings. The highest BCUT2D eigenvalue weighted by atomic mass is 35.5. The van der Waals surface area contributed by atoms with Gasteiger partial charge in [-0.25, -0.2) is 0 Å². The van der Waals surface area contributed by atoms with E-state index in [1.807, 2.05) is 0 Å². The number of fused-ring (bicyclic) bond motifs is 2. The van der Waals surface area contributed by atoms with E-state index in [-0.39, 0.29) is 55.3 Å². The van der Waals surface area contributed by atoms with Crippen molar-refractivity contribution < 1.29 is 34.0 Å². The number of hydrogen-bond donors (Lipinski definition) is 4. The van der Waals surface area contributed by atoms with E-state index in [1.165, 1.54) is 0 Å². The van der Waals surface area contributed by atoms with Crippen LogP contribution >= 0.6 is 11.6 Å². The van der Waals surface area contributed by atoms with Gasteiger partial charge in [0.15, 0.2) is 11.8 Å². The van der Waals surface area contributed by atoms with Gasteiger partial charge in [-0.15, -0.1) is 0 Å². The minimum Gasteiger partial charge on any atom is -0.456 e. The first kappa shape index (κ1) is 21.9. The molecule has 1 amide bonds. The molecule has 0 spiro atoms. The van der Waals surface area contributed by atoms with Crippen molar-refractivity contribution >= 4 is 28.7 Å². The molecule has 0 radical (unpaired) electrons. The second-order valence-corrected chi connectivity index (χ2v) is 8.02. The van der Waals surface area contributed by atoms with Crippen LogP contribution in [0.25, 0.3) is 11.2 Å². The number of H-pyrrole nitrogens is 1. The van der Waals surface area contributed by atoms with Gasteiger partial charge in [0, 0.05) is 12.1 Å². The lowest BCUT2D eigenvalue weighted by atomic mass is 10.1. The van der Waals surface area contributed by atoms with Crippen LogP contribution in [-0.2, 0) is 9.47 Å². The number of nitrogens with one attached hydrogen (secondary N) is 2. The number of carbonyl (C=O) groups is 1. The zero-order valence-electron chi connectivity index (χ0n) is 17.2. The first-order chi connectivity index (χ1) is 16.0. The smallest absolute Gasteiger partial charge is 0.296 e. The van der Waals surface area contributed by atoms with E-state index in [4.69, 9.17) is 35.7 Å². The molecular formula is C21H21ClN4O7. The summed E-state index contributed by atoms with van der Waals surface area (Å²) in [5.41, 5.74) is 1.32. The molecule has 174 valence electrons. The van der Waals surface area contributed by atoms with Gasteiger partial charge in [-0.1, -0.05) is 11.6 Å². The van der Waals surface area contributed by atoms with E-state index in [0.29, 0.717) is 22.5 Å². The van der Waals surface area contributed by atoms with Crippen LogP contribution < -0.4 is 14.8 Å². The van der Waals surface area contributed by atoms with Crippen molar-refractivity contribution in [3.63, 3.8) is 0 Å². The monoisotopic (exact) mass is 476 g/mol. The van der Waals surface area contributed by atoms with Crippen molar-refractivity contribution in [2.75, 3.05) is 26.4 Å². The van der Waals surface area contributed by atoms with Crippen molar-refractivity contribution in [2.45, 2.75) is 24.4 Å². The first-order valence-corrected chi connectivity index (χ1v) is 10.7. The molecule has 0 unspecified atom stereocenters. The number of amides is 1. The van der Waals surface area contributed by atoms with Crippen LogP contribution in [0.1, 0.15) is 10.4 Å². The van der Waals surface area contributed by atoms with Crippen molar-refractivity contribution in [3.8, 4) is 17.6 Å². The number of aliphatic hydroxyl groups excluding tert-OH is 2. The van der Waals surface area contributed by atoms with Crippen LogP contribution in [0.15, 0.2) is 30.3 Å². The Kier molecular flexibility index (Phi) is 6.04. The van der Waals surface area contributed by atoms with Crippen molar-refractivity contribution in [3.05, 3.63) is 40.9 Å². The summed E-state index contributed by atoms with van der Waals surface area (Å²) in [6, 6.07) is 8.26. The fourth-order valence-corrected chi connectivity index (χ4v) is 3.94. The number of imidazole rings is 1. The molecule has 0 saturated carbocycles. The van der Waals surface area contributed by atoms with E-state index in [0.717, 1.165) is 0 Å². The standard InChI is InChI=1S/C21H21ClN4O7/c22-12-7-13-18(26-21(24-13)33-15-9-31-16-14(28)8-30-17(15)16)25-20(12)32-11-3-1-10(2-4-11)19(29)23-5-6-27/h1-4,7,14-17,27-28H,5-6,8-9H2,(H,23,29)(H,24,25,26)/t14-,15-,16-,17-/m1/s1. The molecule has 12 heteroatoms. The number of ether oxygens (including phenoxy) is 4. The number of rotatable bonds is 7. The number of aliphatic hydroxyl groups is 2. The molecule has 4 N–H and O–H groups in total. The minimum atomic E-state index is -0.663. The Morgan fingerprint density at radius 2 is 2.00 bits per heavy atom. The van der Waals surface area contributed by atoms with Crippen LogP contribution in [0.2, 0.25) is 5.02 Å². The topological polar surface area (TPSA) is 148 Å². The van der Waals surface area contributed by atoms with Crippen LogP contribution in [0.4, 0.5) is 0 Å². The zero-order valence-corrected chi connectivity index (χ0v) is 18.0. The number of aromatic nitrogens is 3. The average Bonchev–Trinajstić information content (AvgIpc) is 3.50. The van der Waals surface area contributed by atoms with Crippen molar-refractivity contribution in [1.29, 1.82) is 0 Å². The molecular weight excluding hydrogens is 456 g/mol. The predicted octanol–water partition coefficient (Wildman–Crippen LogP) is 1.03. The predicted molar refractivity (Wildman–Crippen MR) is 115 cm³/mol. The number of nitrogens with zero attached hydrogens (tertiary/aromatic N) is 2. The molecule has 33 heavy (non-hydrogen) atoms. The number of pyridine rings is 1.